The molecule has 2 aromatic heterocycles. The lowest BCUT2D eigenvalue weighted by atomic mass is 10.3. The number of benzene rings is 1. The molecule has 7 heteroatoms. The van der Waals surface area contributed by atoms with E-state index in [1.807, 2.05) is 31.3 Å². The van der Waals surface area contributed by atoms with Crippen molar-refractivity contribution in [2.45, 2.75) is 19.7 Å². The van der Waals surface area contributed by atoms with Gasteiger partial charge in [-0.25, -0.2) is 0 Å². The normalized spacial score (nSPS) is 11.0. The van der Waals surface area contributed by atoms with E-state index in [9.17, 15) is 0 Å². The maximum atomic E-state index is 5.64. The molecule has 6 nitrogen and oxygen atoms in total. The molecule has 0 atom stereocenters. The first kappa shape index (κ1) is 16.5. The lowest BCUT2D eigenvalue weighted by molar-refractivity contribution is 0.256. The molecule has 2 heterocycles. The van der Waals surface area contributed by atoms with Crippen LogP contribution in [-0.4, -0.2) is 29.2 Å². The Morgan fingerprint density at radius 1 is 1.12 bits per heavy atom. The minimum atomic E-state index is 0.268. The van der Waals surface area contributed by atoms with Gasteiger partial charge in [0.1, 0.15) is 11.5 Å². The average molecular weight is 345 g/mol. The minimum absolute atomic E-state index is 0.268. The molecule has 3 rings (SSSR count). The summed E-state index contributed by atoms with van der Waals surface area (Å²) in [5.41, 5.74) is 1.28. The molecule has 0 aliphatic heterocycles. The maximum Gasteiger partial charge on any atom is 0.240 e. The van der Waals surface area contributed by atoms with E-state index in [2.05, 4.69) is 31.9 Å². The van der Waals surface area contributed by atoms with Gasteiger partial charge in [-0.2, -0.15) is 16.3 Å². The van der Waals surface area contributed by atoms with E-state index in [1.165, 1.54) is 5.56 Å². The van der Waals surface area contributed by atoms with Gasteiger partial charge >= 0.3 is 0 Å². The van der Waals surface area contributed by atoms with Crippen molar-refractivity contribution in [1.29, 1.82) is 0 Å². The van der Waals surface area contributed by atoms with Crippen molar-refractivity contribution in [3.8, 4) is 11.5 Å². The van der Waals surface area contributed by atoms with Crippen LogP contribution in [0.25, 0.3) is 0 Å². The Morgan fingerprint density at radius 2 is 1.92 bits per heavy atom. The Labute approximate surface area is 144 Å². The molecule has 0 unspecified atom stereocenters. The predicted molar refractivity (Wildman–Crippen MR) is 91.1 cm³/mol. The molecular formula is C17H19N3O3S. The molecule has 0 aliphatic carbocycles. The van der Waals surface area contributed by atoms with Crippen molar-refractivity contribution in [1.82, 2.24) is 15.0 Å². The van der Waals surface area contributed by atoms with E-state index in [4.69, 9.17) is 14.0 Å². The van der Waals surface area contributed by atoms with Gasteiger partial charge in [-0.1, -0.05) is 5.16 Å². The molecule has 0 fully saturated rings. The summed E-state index contributed by atoms with van der Waals surface area (Å²) in [6, 6.07) is 9.48. The monoisotopic (exact) mass is 345 g/mol. The summed E-state index contributed by atoms with van der Waals surface area (Å²) in [4.78, 5) is 6.49. The highest BCUT2D eigenvalue weighted by atomic mass is 32.1. The maximum absolute atomic E-state index is 5.64. The summed E-state index contributed by atoms with van der Waals surface area (Å²) in [7, 11) is 3.65. The molecule has 0 bridgehead atoms. The summed E-state index contributed by atoms with van der Waals surface area (Å²) in [5.74, 6) is 2.64. The zero-order valence-electron chi connectivity index (χ0n) is 13.6. The fraction of sp³-hybridized carbons (Fsp3) is 0.294. The number of hydrogen-bond donors (Lipinski definition) is 0. The lowest BCUT2D eigenvalue weighted by Crippen LogP contribution is -2.17. The SMILES string of the molecule is COc1ccc(OCc2noc(CN(C)Cc3ccsc3)n2)cc1. The van der Waals surface area contributed by atoms with Crippen LogP contribution < -0.4 is 9.47 Å². The first-order valence-corrected chi connectivity index (χ1v) is 8.45. The summed E-state index contributed by atoms with van der Waals surface area (Å²) in [6.07, 6.45) is 0. The Morgan fingerprint density at radius 3 is 2.62 bits per heavy atom. The molecule has 0 aliphatic rings. The van der Waals surface area contributed by atoms with Gasteiger partial charge in [0.2, 0.25) is 11.7 Å². The highest BCUT2D eigenvalue weighted by Crippen LogP contribution is 2.18. The zero-order valence-corrected chi connectivity index (χ0v) is 14.5. The first-order chi connectivity index (χ1) is 11.7. The summed E-state index contributed by atoms with van der Waals surface area (Å²) < 4.78 is 16.0. The molecule has 126 valence electrons. The van der Waals surface area contributed by atoms with E-state index < -0.39 is 0 Å². The number of rotatable bonds is 8. The number of methoxy groups -OCH3 is 1. The number of aromatic nitrogens is 2. The molecular weight excluding hydrogens is 326 g/mol. The van der Waals surface area contributed by atoms with Crippen LogP contribution in [0.2, 0.25) is 0 Å². The van der Waals surface area contributed by atoms with Crippen LogP contribution >= 0.6 is 11.3 Å². The minimum Gasteiger partial charge on any atom is -0.497 e. The van der Waals surface area contributed by atoms with Crippen LogP contribution in [0.1, 0.15) is 17.3 Å². The fourth-order valence-electron chi connectivity index (χ4n) is 2.21. The van der Waals surface area contributed by atoms with Gasteiger partial charge in [0.15, 0.2) is 6.61 Å². The van der Waals surface area contributed by atoms with Crippen LogP contribution in [0.15, 0.2) is 45.6 Å². The predicted octanol–water partition coefficient (Wildman–Crippen LogP) is 3.35. The second-order valence-electron chi connectivity index (χ2n) is 5.37. The highest BCUT2D eigenvalue weighted by Gasteiger charge is 2.10. The number of nitrogens with zero attached hydrogens (tertiary/aromatic N) is 3. The molecule has 3 aromatic rings. The summed E-state index contributed by atoms with van der Waals surface area (Å²) in [6.45, 7) is 1.72. The van der Waals surface area contributed by atoms with E-state index in [-0.39, 0.29) is 6.61 Å². The molecule has 24 heavy (non-hydrogen) atoms. The van der Waals surface area contributed by atoms with Crippen LogP contribution in [0.4, 0.5) is 0 Å². The van der Waals surface area contributed by atoms with Crippen molar-refractivity contribution in [2.24, 2.45) is 0 Å². The van der Waals surface area contributed by atoms with Gasteiger partial charge in [-0.3, -0.25) is 4.90 Å². The topological polar surface area (TPSA) is 60.6 Å². The second-order valence-corrected chi connectivity index (χ2v) is 6.15. The average Bonchev–Trinajstić information content (AvgIpc) is 3.25. The Bertz CT molecular complexity index is 741. The molecule has 1 aromatic carbocycles. The van der Waals surface area contributed by atoms with Crippen molar-refractivity contribution in [3.63, 3.8) is 0 Å². The highest BCUT2D eigenvalue weighted by molar-refractivity contribution is 7.07. The Hall–Kier alpha value is -2.38. The Kier molecular flexibility index (Phi) is 5.45. The molecule has 0 amide bonds. The van der Waals surface area contributed by atoms with Gasteiger partial charge in [-0.05, 0) is 53.7 Å². The molecule has 0 radical (unpaired) electrons. The molecule has 0 N–H and O–H groups in total. The standard InChI is InChI=1S/C17H19N3O3S/c1-20(9-13-7-8-24-12-13)10-17-18-16(19-23-17)11-22-15-5-3-14(21-2)4-6-15/h3-8,12H,9-11H2,1-2H3. The van der Waals surface area contributed by atoms with Crippen molar-refractivity contribution >= 4 is 11.3 Å². The van der Waals surface area contributed by atoms with Crippen LogP contribution in [0.3, 0.4) is 0 Å². The largest absolute Gasteiger partial charge is 0.497 e. The van der Waals surface area contributed by atoms with Gasteiger partial charge in [0.25, 0.3) is 0 Å². The summed E-state index contributed by atoms with van der Waals surface area (Å²) >= 11 is 1.70. The van der Waals surface area contributed by atoms with E-state index in [0.29, 0.717) is 18.3 Å². The van der Waals surface area contributed by atoms with Gasteiger partial charge in [-0.15, -0.1) is 0 Å². The van der Waals surface area contributed by atoms with Crippen molar-refractivity contribution in [3.05, 3.63) is 58.4 Å². The second kappa shape index (κ2) is 7.94. The van der Waals surface area contributed by atoms with Crippen molar-refractivity contribution < 1.29 is 14.0 Å². The van der Waals surface area contributed by atoms with E-state index in [0.717, 1.165) is 18.0 Å². The van der Waals surface area contributed by atoms with Gasteiger partial charge in [0.05, 0.1) is 13.7 Å². The number of thiophene rings is 1. The van der Waals surface area contributed by atoms with Crippen LogP contribution in [0.5, 0.6) is 11.5 Å². The number of hydrogen-bond acceptors (Lipinski definition) is 7. The van der Waals surface area contributed by atoms with Gasteiger partial charge in [0, 0.05) is 6.54 Å². The smallest absolute Gasteiger partial charge is 0.240 e. The Balaban J connectivity index is 1.49. The van der Waals surface area contributed by atoms with Crippen LogP contribution in [-0.2, 0) is 19.7 Å². The fourth-order valence-corrected chi connectivity index (χ4v) is 2.87. The first-order valence-electron chi connectivity index (χ1n) is 7.51. The molecule has 0 spiro atoms. The third-order valence-electron chi connectivity index (χ3n) is 3.38. The van der Waals surface area contributed by atoms with Crippen molar-refractivity contribution in [2.75, 3.05) is 14.2 Å². The molecule has 0 saturated carbocycles. The third kappa shape index (κ3) is 4.56. The quantitative estimate of drug-likeness (QED) is 0.624. The molecule has 0 saturated heterocycles. The summed E-state index contributed by atoms with van der Waals surface area (Å²) in [5, 5.41) is 8.17. The zero-order chi connectivity index (χ0) is 16.8. The van der Waals surface area contributed by atoms with Gasteiger partial charge < -0.3 is 14.0 Å². The lowest BCUT2D eigenvalue weighted by Gasteiger charge is -2.12. The third-order valence-corrected chi connectivity index (χ3v) is 4.11. The number of ether oxygens (including phenoxy) is 2. The van der Waals surface area contributed by atoms with E-state index in [1.54, 1.807) is 18.4 Å². The van der Waals surface area contributed by atoms with Crippen LogP contribution in [0, 0.1) is 0 Å². The van der Waals surface area contributed by atoms with E-state index >= 15 is 0 Å².